The van der Waals surface area contributed by atoms with Gasteiger partial charge in [-0.3, -0.25) is 4.98 Å². The van der Waals surface area contributed by atoms with E-state index in [0.29, 0.717) is 0 Å². The van der Waals surface area contributed by atoms with Crippen LogP contribution in [0, 0.1) is 6.92 Å². The van der Waals surface area contributed by atoms with Crippen molar-refractivity contribution in [3.63, 3.8) is 0 Å². The first-order valence-corrected chi connectivity index (χ1v) is 6.25. The number of para-hydroxylation sites is 1. The van der Waals surface area contributed by atoms with Crippen molar-refractivity contribution in [3.05, 3.63) is 65.3 Å². The van der Waals surface area contributed by atoms with Crippen LogP contribution in [0.2, 0.25) is 5.02 Å². The third-order valence-electron chi connectivity index (χ3n) is 3.06. The fraction of sp³-hybridized carbons (Fsp3) is 0.0625. The molecule has 0 atom stereocenters. The van der Waals surface area contributed by atoms with Gasteiger partial charge in [0.05, 0.1) is 16.2 Å². The van der Waals surface area contributed by atoms with Crippen LogP contribution < -0.4 is 0 Å². The minimum atomic E-state index is 0.736. The summed E-state index contributed by atoms with van der Waals surface area (Å²) in [4.78, 5) is 4.53. The minimum Gasteiger partial charge on any atom is -0.252 e. The molecule has 3 rings (SSSR count). The van der Waals surface area contributed by atoms with Gasteiger partial charge in [0.2, 0.25) is 0 Å². The van der Waals surface area contributed by atoms with Gasteiger partial charge in [-0.15, -0.1) is 0 Å². The van der Waals surface area contributed by atoms with Gasteiger partial charge in [0.25, 0.3) is 0 Å². The molecule has 0 aliphatic rings. The maximum Gasteiger partial charge on any atom is 0.0712 e. The zero-order chi connectivity index (χ0) is 12.5. The maximum absolute atomic E-state index is 6.44. The minimum absolute atomic E-state index is 0.736. The molecule has 0 saturated carbocycles. The van der Waals surface area contributed by atoms with Crippen LogP contribution >= 0.6 is 11.6 Å². The molecule has 0 amide bonds. The lowest BCUT2D eigenvalue weighted by molar-refractivity contribution is 1.26. The average molecular weight is 254 g/mol. The predicted molar refractivity (Wildman–Crippen MR) is 76.9 cm³/mol. The van der Waals surface area contributed by atoms with Crippen LogP contribution in [0.3, 0.4) is 0 Å². The molecular formula is C16H12ClN. The zero-order valence-corrected chi connectivity index (χ0v) is 10.8. The van der Waals surface area contributed by atoms with E-state index in [1.807, 2.05) is 43.3 Å². The Hall–Kier alpha value is -1.86. The number of pyridine rings is 1. The topological polar surface area (TPSA) is 12.9 Å². The van der Waals surface area contributed by atoms with Crippen molar-refractivity contribution in [1.29, 1.82) is 0 Å². The third kappa shape index (κ3) is 1.77. The quantitative estimate of drug-likeness (QED) is 0.603. The van der Waals surface area contributed by atoms with Gasteiger partial charge < -0.3 is 0 Å². The molecule has 3 aromatic rings. The highest BCUT2D eigenvalue weighted by molar-refractivity contribution is 6.35. The highest BCUT2D eigenvalue weighted by Gasteiger charge is 2.11. The van der Waals surface area contributed by atoms with E-state index in [0.717, 1.165) is 32.7 Å². The number of nitrogens with zero attached hydrogens (tertiary/aromatic N) is 1. The van der Waals surface area contributed by atoms with Gasteiger partial charge >= 0.3 is 0 Å². The van der Waals surface area contributed by atoms with Gasteiger partial charge in [-0.05, 0) is 18.6 Å². The Balaban J connectivity index is 2.43. The number of hydrogen-bond donors (Lipinski definition) is 0. The Morgan fingerprint density at radius 2 is 1.56 bits per heavy atom. The molecule has 0 radical (unpaired) electrons. The second-order valence-electron chi connectivity index (χ2n) is 4.27. The largest absolute Gasteiger partial charge is 0.252 e. The molecule has 0 aliphatic heterocycles. The lowest BCUT2D eigenvalue weighted by Gasteiger charge is -2.11. The lowest BCUT2D eigenvalue weighted by atomic mass is 10.0. The van der Waals surface area contributed by atoms with E-state index < -0.39 is 0 Å². The van der Waals surface area contributed by atoms with Crippen molar-refractivity contribution in [2.45, 2.75) is 6.92 Å². The molecule has 0 aliphatic carbocycles. The van der Waals surface area contributed by atoms with Crippen LogP contribution in [0.4, 0.5) is 0 Å². The van der Waals surface area contributed by atoms with E-state index in [4.69, 9.17) is 11.6 Å². The van der Waals surface area contributed by atoms with Crippen LogP contribution in [0.1, 0.15) is 5.69 Å². The van der Waals surface area contributed by atoms with Crippen molar-refractivity contribution >= 4 is 22.5 Å². The van der Waals surface area contributed by atoms with Crippen molar-refractivity contribution in [1.82, 2.24) is 4.98 Å². The zero-order valence-electron chi connectivity index (χ0n) is 10.0. The highest BCUT2D eigenvalue weighted by atomic mass is 35.5. The molecule has 1 heterocycles. The summed E-state index contributed by atoms with van der Waals surface area (Å²) < 4.78 is 0. The summed E-state index contributed by atoms with van der Waals surface area (Å²) in [6.07, 6.45) is 0. The Morgan fingerprint density at radius 3 is 2.33 bits per heavy atom. The maximum atomic E-state index is 6.44. The summed E-state index contributed by atoms with van der Waals surface area (Å²) in [5.74, 6) is 0. The second kappa shape index (κ2) is 4.43. The third-order valence-corrected chi connectivity index (χ3v) is 3.52. The predicted octanol–water partition coefficient (Wildman–Crippen LogP) is 4.86. The second-order valence-corrected chi connectivity index (χ2v) is 4.65. The number of aromatic nitrogens is 1. The molecule has 0 bridgehead atoms. The molecule has 1 nitrogen and oxygen atoms in total. The van der Waals surface area contributed by atoms with E-state index in [-0.39, 0.29) is 0 Å². The van der Waals surface area contributed by atoms with E-state index in [1.165, 1.54) is 0 Å². The van der Waals surface area contributed by atoms with Gasteiger partial charge in [-0.1, -0.05) is 60.1 Å². The molecule has 0 N–H and O–H groups in total. The molecule has 0 fully saturated rings. The van der Waals surface area contributed by atoms with Crippen LogP contribution in [0.15, 0.2) is 54.6 Å². The van der Waals surface area contributed by atoms with Crippen molar-refractivity contribution in [3.8, 4) is 11.1 Å². The van der Waals surface area contributed by atoms with E-state index in [2.05, 4.69) is 23.2 Å². The van der Waals surface area contributed by atoms with Crippen molar-refractivity contribution in [2.75, 3.05) is 0 Å². The van der Waals surface area contributed by atoms with Crippen LogP contribution in [-0.2, 0) is 0 Å². The molecule has 88 valence electrons. The van der Waals surface area contributed by atoms with E-state index in [1.54, 1.807) is 0 Å². The standard InChI is InChI=1S/C16H12ClN/c1-11-16(17)15(12-7-3-2-4-8-12)13-9-5-6-10-14(13)18-11/h2-10H,1H3. The van der Waals surface area contributed by atoms with Crippen molar-refractivity contribution in [2.24, 2.45) is 0 Å². The number of fused-ring (bicyclic) bond motifs is 1. The summed E-state index contributed by atoms with van der Waals surface area (Å²) in [7, 11) is 0. The van der Waals surface area contributed by atoms with Gasteiger partial charge in [0, 0.05) is 10.9 Å². The SMILES string of the molecule is Cc1nc2ccccc2c(-c2ccccc2)c1Cl. The normalized spacial score (nSPS) is 10.8. The number of hydrogen-bond acceptors (Lipinski definition) is 1. The summed E-state index contributed by atoms with van der Waals surface area (Å²) in [5.41, 5.74) is 4.05. The van der Waals surface area contributed by atoms with Gasteiger partial charge in [0.1, 0.15) is 0 Å². The van der Waals surface area contributed by atoms with Crippen LogP contribution in [0.5, 0.6) is 0 Å². The molecular weight excluding hydrogens is 242 g/mol. The summed E-state index contributed by atoms with van der Waals surface area (Å²) in [6.45, 7) is 1.95. The average Bonchev–Trinajstić information content (AvgIpc) is 2.41. The van der Waals surface area contributed by atoms with E-state index >= 15 is 0 Å². The molecule has 18 heavy (non-hydrogen) atoms. The molecule has 0 unspecified atom stereocenters. The molecule has 2 aromatic carbocycles. The van der Waals surface area contributed by atoms with Gasteiger partial charge in [0.15, 0.2) is 0 Å². The molecule has 2 heteroatoms. The smallest absolute Gasteiger partial charge is 0.0712 e. The van der Waals surface area contributed by atoms with Crippen molar-refractivity contribution < 1.29 is 0 Å². The molecule has 1 aromatic heterocycles. The first-order chi connectivity index (χ1) is 8.77. The monoisotopic (exact) mass is 253 g/mol. The summed E-state index contributed by atoms with van der Waals surface area (Å²) in [6, 6.07) is 18.3. The van der Waals surface area contributed by atoms with E-state index in [9.17, 15) is 0 Å². The molecule has 0 saturated heterocycles. The number of aryl methyl sites for hydroxylation is 1. The first-order valence-electron chi connectivity index (χ1n) is 5.87. The Kier molecular flexibility index (Phi) is 2.77. The Labute approximate surface area is 111 Å². The van der Waals surface area contributed by atoms with Gasteiger partial charge in [-0.2, -0.15) is 0 Å². The summed E-state index contributed by atoms with van der Waals surface area (Å²) in [5, 5.41) is 1.83. The molecule has 0 spiro atoms. The Morgan fingerprint density at radius 1 is 0.889 bits per heavy atom. The number of benzene rings is 2. The van der Waals surface area contributed by atoms with Crippen LogP contribution in [-0.4, -0.2) is 4.98 Å². The van der Waals surface area contributed by atoms with Gasteiger partial charge in [-0.25, -0.2) is 0 Å². The fourth-order valence-corrected chi connectivity index (χ4v) is 2.45. The number of halogens is 1. The Bertz CT molecular complexity index is 705. The highest BCUT2D eigenvalue weighted by Crippen LogP contribution is 2.35. The first kappa shape index (κ1) is 11.2. The van der Waals surface area contributed by atoms with Crippen LogP contribution in [0.25, 0.3) is 22.0 Å². The lowest BCUT2D eigenvalue weighted by Crippen LogP contribution is -1.90. The summed E-state index contributed by atoms with van der Waals surface area (Å²) >= 11 is 6.44. The number of rotatable bonds is 1. The fourth-order valence-electron chi connectivity index (χ4n) is 2.20.